The van der Waals surface area contributed by atoms with Crippen LogP contribution in [0.25, 0.3) is 0 Å². The third-order valence-electron chi connectivity index (χ3n) is 4.44. The van der Waals surface area contributed by atoms with E-state index in [1.165, 1.54) is 13.4 Å². The van der Waals surface area contributed by atoms with Gasteiger partial charge in [0.1, 0.15) is 6.33 Å². The number of amides is 1. The number of aromatic nitrogens is 2. The van der Waals surface area contributed by atoms with Crippen molar-refractivity contribution in [2.24, 2.45) is 0 Å². The van der Waals surface area contributed by atoms with Crippen molar-refractivity contribution in [3.05, 3.63) is 88.2 Å². The van der Waals surface area contributed by atoms with Crippen LogP contribution in [0.4, 0.5) is 17.3 Å². The predicted molar refractivity (Wildman–Crippen MR) is 116 cm³/mol. The average molecular weight is 422 g/mol. The molecule has 0 unspecified atom stereocenters. The summed E-state index contributed by atoms with van der Waals surface area (Å²) in [6.07, 6.45) is 1.17. The van der Waals surface area contributed by atoms with Crippen molar-refractivity contribution in [1.82, 2.24) is 15.4 Å². The molecule has 0 saturated carbocycles. The van der Waals surface area contributed by atoms with Gasteiger partial charge in [-0.15, -0.1) is 0 Å². The van der Waals surface area contributed by atoms with Gasteiger partial charge >= 0.3 is 5.69 Å². The number of benzene rings is 2. The Morgan fingerprint density at radius 2 is 1.61 bits per heavy atom. The summed E-state index contributed by atoms with van der Waals surface area (Å²) in [6, 6.07) is 18.5. The summed E-state index contributed by atoms with van der Waals surface area (Å²) in [6.45, 7) is 0.667. The van der Waals surface area contributed by atoms with Crippen LogP contribution < -0.4 is 16.2 Å². The molecule has 0 saturated heterocycles. The Kier molecular flexibility index (Phi) is 7.44. The Labute approximate surface area is 178 Å². The monoisotopic (exact) mass is 422 g/mol. The smallest absolute Gasteiger partial charge is 0.354 e. The second-order valence-corrected chi connectivity index (χ2v) is 6.46. The van der Waals surface area contributed by atoms with Crippen molar-refractivity contribution >= 4 is 23.2 Å². The molecule has 0 aliphatic heterocycles. The van der Waals surface area contributed by atoms with Gasteiger partial charge in [-0.2, -0.15) is 0 Å². The van der Waals surface area contributed by atoms with Gasteiger partial charge in [-0.25, -0.2) is 9.97 Å². The summed E-state index contributed by atoms with van der Waals surface area (Å²) in [5, 5.41) is 14.4. The van der Waals surface area contributed by atoms with Crippen LogP contribution in [0.5, 0.6) is 0 Å². The largest absolute Gasteiger partial charge is 0.383 e. The van der Waals surface area contributed by atoms with Gasteiger partial charge in [-0.05, 0) is 11.1 Å². The second kappa shape index (κ2) is 10.6. The molecule has 2 aromatic carbocycles. The Balaban J connectivity index is 1.83. The number of hydrogen-bond donors (Lipinski definition) is 3. The highest BCUT2D eigenvalue weighted by molar-refractivity contribution is 5.88. The molecule has 0 aliphatic carbocycles. The Bertz CT molecular complexity index is 977. The first-order valence-electron chi connectivity index (χ1n) is 9.49. The molecule has 1 heterocycles. The lowest BCUT2D eigenvalue weighted by atomic mass is 9.91. The zero-order chi connectivity index (χ0) is 22.1. The minimum absolute atomic E-state index is 0.0245. The fourth-order valence-electron chi connectivity index (χ4n) is 3.02. The number of nitrogens with one attached hydrogen (secondary N) is 3. The Morgan fingerprint density at radius 3 is 2.16 bits per heavy atom. The molecule has 0 fully saturated rings. The van der Waals surface area contributed by atoms with Crippen LogP contribution in [-0.4, -0.2) is 41.1 Å². The zero-order valence-electron chi connectivity index (χ0n) is 16.8. The van der Waals surface area contributed by atoms with E-state index in [2.05, 4.69) is 26.1 Å². The third kappa shape index (κ3) is 5.52. The lowest BCUT2D eigenvalue weighted by molar-refractivity contribution is -0.383. The van der Waals surface area contributed by atoms with E-state index in [1.807, 2.05) is 60.7 Å². The van der Waals surface area contributed by atoms with Gasteiger partial charge < -0.3 is 10.1 Å². The average Bonchev–Trinajstić information content (AvgIpc) is 2.79. The fourth-order valence-corrected chi connectivity index (χ4v) is 3.02. The summed E-state index contributed by atoms with van der Waals surface area (Å²) in [5.74, 6) is -1.11. The van der Waals surface area contributed by atoms with Gasteiger partial charge in [-0.1, -0.05) is 60.7 Å². The number of hydrazine groups is 1. The van der Waals surface area contributed by atoms with Gasteiger partial charge in [0.15, 0.2) is 0 Å². The van der Waals surface area contributed by atoms with E-state index in [0.29, 0.717) is 13.2 Å². The minimum atomic E-state index is -0.616. The van der Waals surface area contributed by atoms with E-state index in [-0.39, 0.29) is 23.2 Å². The second-order valence-electron chi connectivity index (χ2n) is 6.46. The van der Waals surface area contributed by atoms with Crippen molar-refractivity contribution < 1.29 is 14.5 Å². The van der Waals surface area contributed by atoms with Gasteiger partial charge in [0.25, 0.3) is 0 Å². The van der Waals surface area contributed by atoms with Crippen LogP contribution in [-0.2, 0) is 9.53 Å². The standard InChI is InChI=1S/C21H22N6O4/c1-31-13-12-22-19-18(27(29)30)20(24-14-23-19)25-26-21(28)17(15-8-4-2-5-9-15)16-10-6-3-7-11-16/h2-11,14,17H,12-13H2,1H3,(H,26,28)(H2,22,23,24,25). The molecule has 0 radical (unpaired) electrons. The summed E-state index contributed by atoms with van der Waals surface area (Å²) >= 11 is 0. The first-order valence-corrected chi connectivity index (χ1v) is 9.49. The predicted octanol–water partition coefficient (Wildman–Crippen LogP) is 2.72. The lowest BCUT2D eigenvalue weighted by Gasteiger charge is -2.18. The van der Waals surface area contributed by atoms with Crippen molar-refractivity contribution in [1.29, 1.82) is 0 Å². The molecule has 10 heteroatoms. The number of nitrogens with zero attached hydrogens (tertiary/aromatic N) is 3. The van der Waals surface area contributed by atoms with Crippen LogP contribution in [0.15, 0.2) is 67.0 Å². The van der Waals surface area contributed by atoms with Crippen molar-refractivity contribution in [2.75, 3.05) is 31.0 Å². The quantitative estimate of drug-likeness (QED) is 0.258. The SMILES string of the molecule is COCCNc1ncnc(NNC(=O)C(c2ccccc2)c2ccccc2)c1[N+](=O)[O-]. The molecular weight excluding hydrogens is 400 g/mol. The normalized spacial score (nSPS) is 10.5. The molecule has 3 aromatic rings. The molecule has 31 heavy (non-hydrogen) atoms. The topological polar surface area (TPSA) is 131 Å². The molecule has 3 rings (SSSR count). The van der Waals surface area contributed by atoms with E-state index >= 15 is 0 Å². The number of carbonyl (C=O) groups is 1. The van der Waals surface area contributed by atoms with E-state index < -0.39 is 10.8 Å². The molecule has 10 nitrogen and oxygen atoms in total. The first kappa shape index (κ1) is 21.7. The van der Waals surface area contributed by atoms with Crippen LogP contribution in [0, 0.1) is 10.1 Å². The summed E-state index contributed by atoms with van der Waals surface area (Å²) in [7, 11) is 1.52. The first-order chi connectivity index (χ1) is 15.1. The number of carbonyl (C=O) groups excluding carboxylic acids is 1. The molecule has 1 amide bonds. The molecular formula is C21H22N6O4. The third-order valence-corrected chi connectivity index (χ3v) is 4.44. The van der Waals surface area contributed by atoms with Crippen LogP contribution >= 0.6 is 0 Å². The fraction of sp³-hybridized carbons (Fsp3) is 0.190. The minimum Gasteiger partial charge on any atom is -0.383 e. The molecule has 0 bridgehead atoms. The summed E-state index contributed by atoms with van der Waals surface area (Å²) < 4.78 is 4.94. The number of ether oxygens (including phenoxy) is 1. The Morgan fingerprint density at radius 1 is 1.03 bits per heavy atom. The molecule has 1 aromatic heterocycles. The van der Waals surface area contributed by atoms with Crippen molar-refractivity contribution in [3.8, 4) is 0 Å². The van der Waals surface area contributed by atoms with E-state index in [9.17, 15) is 14.9 Å². The van der Waals surface area contributed by atoms with Gasteiger partial charge in [-0.3, -0.25) is 25.8 Å². The molecule has 0 aliphatic rings. The van der Waals surface area contributed by atoms with E-state index in [4.69, 9.17) is 4.74 Å². The lowest BCUT2D eigenvalue weighted by Crippen LogP contribution is -2.35. The zero-order valence-corrected chi connectivity index (χ0v) is 16.8. The van der Waals surface area contributed by atoms with Crippen molar-refractivity contribution in [3.63, 3.8) is 0 Å². The Hall–Kier alpha value is -4.05. The highest BCUT2D eigenvalue weighted by Gasteiger charge is 2.26. The van der Waals surface area contributed by atoms with E-state index in [1.54, 1.807) is 0 Å². The summed E-state index contributed by atoms with van der Waals surface area (Å²) in [4.78, 5) is 31.9. The maximum atomic E-state index is 13.1. The van der Waals surface area contributed by atoms with Crippen LogP contribution in [0.2, 0.25) is 0 Å². The molecule has 0 spiro atoms. The van der Waals surface area contributed by atoms with Crippen LogP contribution in [0.1, 0.15) is 17.0 Å². The van der Waals surface area contributed by atoms with Crippen molar-refractivity contribution in [2.45, 2.75) is 5.92 Å². The van der Waals surface area contributed by atoms with Gasteiger partial charge in [0.2, 0.25) is 17.5 Å². The number of anilines is 2. The highest BCUT2D eigenvalue weighted by Crippen LogP contribution is 2.29. The molecule has 3 N–H and O–H groups in total. The summed E-state index contributed by atoms with van der Waals surface area (Å²) in [5.41, 5.74) is 6.32. The molecule has 0 atom stereocenters. The van der Waals surface area contributed by atoms with Gasteiger partial charge in [0, 0.05) is 13.7 Å². The molecule has 160 valence electrons. The highest BCUT2D eigenvalue weighted by atomic mass is 16.6. The van der Waals surface area contributed by atoms with Crippen LogP contribution in [0.3, 0.4) is 0 Å². The number of nitro groups is 1. The van der Waals surface area contributed by atoms with E-state index in [0.717, 1.165) is 11.1 Å². The maximum Gasteiger partial charge on any atom is 0.354 e. The number of rotatable bonds is 10. The van der Waals surface area contributed by atoms with Gasteiger partial charge in [0.05, 0.1) is 17.4 Å². The number of hydrogen-bond acceptors (Lipinski definition) is 8. The number of methoxy groups -OCH3 is 1. The maximum absolute atomic E-state index is 13.1.